The molecule has 2 aromatic carbocycles. The van der Waals surface area contributed by atoms with E-state index in [-0.39, 0.29) is 34.8 Å². The molecule has 2 aromatic rings. The van der Waals surface area contributed by atoms with Gasteiger partial charge < -0.3 is 29.9 Å². The number of carboxylic acids is 2. The number of carbonyl (C=O) groups is 3. The number of esters is 1. The molecule has 43 heavy (non-hydrogen) atoms. The fourth-order valence-corrected chi connectivity index (χ4v) is 4.41. The summed E-state index contributed by atoms with van der Waals surface area (Å²) in [6.45, 7) is 4.86. The Morgan fingerprint density at radius 1 is 0.581 bits per heavy atom. The van der Waals surface area contributed by atoms with Gasteiger partial charge in [-0.25, -0.2) is 9.59 Å². The maximum atomic E-state index is 11.6. The Morgan fingerprint density at radius 3 is 1.49 bits per heavy atom. The zero-order valence-electron chi connectivity index (χ0n) is 25.8. The van der Waals surface area contributed by atoms with Crippen molar-refractivity contribution in [2.75, 3.05) is 6.61 Å². The van der Waals surface area contributed by atoms with E-state index in [1.807, 2.05) is 0 Å². The van der Waals surface area contributed by atoms with Crippen molar-refractivity contribution in [3.05, 3.63) is 47.5 Å². The molecule has 0 spiro atoms. The van der Waals surface area contributed by atoms with Crippen LogP contribution in [0.25, 0.3) is 0 Å². The van der Waals surface area contributed by atoms with Crippen LogP contribution < -0.4 is 9.47 Å². The van der Waals surface area contributed by atoms with Crippen molar-refractivity contribution in [3.8, 4) is 23.0 Å². The molecular formula is C34H50O9. The second-order valence-electron chi connectivity index (χ2n) is 10.6. The molecule has 240 valence electrons. The number of benzene rings is 2. The molecule has 0 aliphatic carbocycles. The zero-order chi connectivity index (χ0) is 31.9. The molecule has 0 saturated carbocycles. The highest BCUT2D eigenvalue weighted by Gasteiger charge is 2.16. The smallest absolute Gasteiger partial charge is 0.339 e. The van der Waals surface area contributed by atoms with Gasteiger partial charge in [0.25, 0.3) is 0 Å². The van der Waals surface area contributed by atoms with Gasteiger partial charge in [-0.1, -0.05) is 109 Å². The first-order chi connectivity index (χ1) is 20.7. The summed E-state index contributed by atoms with van der Waals surface area (Å²) in [6.07, 6.45) is 17.9. The number of rotatable bonds is 21. The molecule has 9 nitrogen and oxygen atoms in total. The molecule has 0 aliphatic rings. The number of aromatic hydroxyl groups is 2. The highest BCUT2D eigenvalue weighted by atomic mass is 16.5. The first-order valence-electron chi connectivity index (χ1n) is 15.7. The second kappa shape index (κ2) is 22.8. The van der Waals surface area contributed by atoms with E-state index < -0.39 is 23.7 Å². The van der Waals surface area contributed by atoms with E-state index in [0.29, 0.717) is 6.61 Å². The number of phenols is 2. The average molecular weight is 603 g/mol. The van der Waals surface area contributed by atoms with Crippen molar-refractivity contribution in [2.24, 2.45) is 0 Å². The monoisotopic (exact) mass is 602 g/mol. The van der Waals surface area contributed by atoms with Gasteiger partial charge in [0.05, 0.1) is 6.61 Å². The number of hydrogen-bond donors (Lipinski definition) is 4. The summed E-state index contributed by atoms with van der Waals surface area (Å²) in [4.78, 5) is 33.3. The van der Waals surface area contributed by atoms with Gasteiger partial charge >= 0.3 is 17.9 Å². The van der Waals surface area contributed by atoms with Gasteiger partial charge in [0.15, 0.2) is 23.0 Å². The Balaban J connectivity index is 0.000000434. The Bertz CT molecular complexity index is 1100. The number of carboxylic acid groups (broad SMARTS) is 2. The summed E-state index contributed by atoms with van der Waals surface area (Å²) in [7, 11) is 0. The van der Waals surface area contributed by atoms with E-state index in [2.05, 4.69) is 13.8 Å². The summed E-state index contributed by atoms with van der Waals surface area (Å²) in [5.74, 6) is -3.53. The Hall–Kier alpha value is -3.75. The van der Waals surface area contributed by atoms with Crippen molar-refractivity contribution in [1.29, 1.82) is 0 Å². The van der Waals surface area contributed by atoms with Crippen LogP contribution in [0.1, 0.15) is 137 Å². The van der Waals surface area contributed by atoms with E-state index in [1.54, 1.807) is 12.1 Å². The fraction of sp³-hybridized carbons (Fsp3) is 0.559. The van der Waals surface area contributed by atoms with Crippen LogP contribution in [0.5, 0.6) is 23.0 Å². The molecule has 0 saturated heterocycles. The van der Waals surface area contributed by atoms with E-state index in [0.717, 1.165) is 44.9 Å². The molecule has 0 aliphatic heterocycles. The number of unbranched alkanes of at least 4 members (excludes halogenated alkanes) is 13. The Morgan fingerprint density at radius 2 is 1.00 bits per heavy atom. The molecular weight excluding hydrogens is 552 g/mol. The molecule has 2 rings (SSSR count). The molecule has 0 bridgehead atoms. The van der Waals surface area contributed by atoms with Crippen molar-refractivity contribution in [3.63, 3.8) is 0 Å². The summed E-state index contributed by atoms with van der Waals surface area (Å²) < 4.78 is 10.5. The molecule has 4 N–H and O–H groups in total. The van der Waals surface area contributed by atoms with Crippen molar-refractivity contribution in [2.45, 2.75) is 117 Å². The maximum absolute atomic E-state index is 11.6. The highest BCUT2D eigenvalue weighted by Crippen LogP contribution is 2.31. The molecule has 0 radical (unpaired) electrons. The Labute approximate surface area is 255 Å². The predicted molar refractivity (Wildman–Crippen MR) is 166 cm³/mol. The third-order valence-electron chi connectivity index (χ3n) is 6.92. The minimum atomic E-state index is -1.26. The lowest BCUT2D eigenvalue weighted by Gasteiger charge is -2.09. The number of ether oxygens (including phenoxy) is 2. The van der Waals surface area contributed by atoms with Gasteiger partial charge in [0.2, 0.25) is 0 Å². The lowest BCUT2D eigenvalue weighted by Crippen LogP contribution is -2.08. The van der Waals surface area contributed by atoms with Gasteiger partial charge in [-0.2, -0.15) is 0 Å². The second-order valence-corrected chi connectivity index (χ2v) is 10.6. The van der Waals surface area contributed by atoms with E-state index in [4.69, 9.17) is 19.7 Å². The van der Waals surface area contributed by atoms with Crippen molar-refractivity contribution in [1.82, 2.24) is 0 Å². The zero-order valence-corrected chi connectivity index (χ0v) is 25.8. The third kappa shape index (κ3) is 15.9. The van der Waals surface area contributed by atoms with Gasteiger partial charge in [0.1, 0.15) is 11.1 Å². The lowest BCUT2D eigenvalue weighted by molar-refractivity contribution is -0.134. The number of para-hydroxylation sites is 2. The average Bonchev–Trinajstić information content (AvgIpc) is 2.97. The van der Waals surface area contributed by atoms with Gasteiger partial charge in [0, 0.05) is 6.42 Å². The van der Waals surface area contributed by atoms with Crippen molar-refractivity contribution >= 4 is 17.9 Å². The predicted octanol–water partition coefficient (Wildman–Crippen LogP) is 8.75. The topological polar surface area (TPSA) is 151 Å². The SMILES string of the molecule is CCCCCCCC(=O)Oc1cccc(C(=O)O)c1O.CCCCCCCCCCCCOc1cccc(C(=O)O)c1O. The molecule has 0 atom stereocenters. The van der Waals surface area contributed by atoms with E-state index in [9.17, 15) is 24.6 Å². The molecule has 0 fully saturated rings. The summed E-state index contributed by atoms with van der Waals surface area (Å²) >= 11 is 0. The lowest BCUT2D eigenvalue weighted by atomic mass is 10.1. The normalized spacial score (nSPS) is 10.5. The minimum absolute atomic E-state index is 0.108. The number of carbonyl (C=O) groups excluding carboxylic acids is 1. The summed E-state index contributed by atoms with van der Waals surface area (Å²) in [5, 5.41) is 37.3. The molecule has 0 amide bonds. The number of aromatic carboxylic acids is 2. The first kappa shape index (κ1) is 37.3. The molecule has 0 aromatic heterocycles. The summed E-state index contributed by atoms with van der Waals surface area (Å²) in [5.41, 5.74) is -0.399. The van der Waals surface area contributed by atoms with Crippen LogP contribution in [0.4, 0.5) is 0 Å². The molecule has 0 heterocycles. The van der Waals surface area contributed by atoms with Crippen LogP contribution in [0.2, 0.25) is 0 Å². The van der Waals surface area contributed by atoms with Gasteiger partial charge in [-0.05, 0) is 37.1 Å². The van der Waals surface area contributed by atoms with Crippen LogP contribution in [0.15, 0.2) is 36.4 Å². The van der Waals surface area contributed by atoms with Crippen molar-refractivity contribution < 1.29 is 44.3 Å². The number of hydrogen-bond acceptors (Lipinski definition) is 7. The maximum Gasteiger partial charge on any atom is 0.339 e. The first-order valence-corrected chi connectivity index (χ1v) is 15.7. The van der Waals surface area contributed by atoms with E-state index in [1.165, 1.54) is 75.6 Å². The van der Waals surface area contributed by atoms with Gasteiger partial charge in [-0.15, -0.1) is 0 Å². The van der Waals surface area contributed by atoms with Crippen LogP contribution in [-0.4, -0.2) is 44.9 Å². The van der Waals surface area contributed by atoms with Crippen LogP contribution >= 0.6 is 0 Å². The standard InChI is InChI=1S/C19H30O4.C15H20O5/c1-2-3-4-5-6-7-8-9-10-11-15-23-17-14-12-13-16(18(17)20)19(21)22;1-2-3-4-5-6-10-13(16)20-12-9-7-8-11(14(12)17)15(18)19/h12-14,20H,2-11,15H2,1H3,(H,21,22);7-9,17H,2-6,10H2,1H3,(H,18,19). The fourth-order valence-electron chi connectivity index (χ4n) is 4.41. The quantitative estimate of drug-likeness (QED) is 0.0624. The Kier molecular flexibility index (Phi) is 19.8. The van der Waals surface area contributed by atoms with Crippen LogP contribution in [0.3, 0.4) is 0 Å². The van der Waals surface area contributed by atoms with Crippen LogP contribution in [-0.2, 0) is 4.79 Å². The largest absolute Gasteiger partial charge is 0.504 e. The van der Waals surface area contributed by atoms with Crippen LogP contribution in [0, 0.1) is 0 Å². The molecule has 0 unspecified atom stereocenters. The third-order valence-corrected chi connectivity index (χ3v) is 6.92. The molecule has 9 heteroatoms. The van der Waals surface area contributed by atoms with E-state index >= 15 is 0 Å². The minimum Gasteiger partial charge on any atom is -0.504 e. The van der Waals surface area contributed by atoms with Gasteiger partial charge in [-0.3, -0.25) is 4.79 Å². The summed E-state index contributed by atoms with van der Waals surface area (Å²) in [6, 6.07) is 8.59. The highest BCUT2D eigenvalue weighted by molar-refractivity contribution is 5.92.